The largest absolute Gasteiger partial charge is 0.348 e. The van der Waals surface area contributed by atoms with Crippen molar-refractivity contribution in [1.29, 1.82) is 0 Å². The van der Waals surface area contributed by atoms with Crippen LogP contribution >= 0.6 is 11.8 Å². The van der Waals surface area contributed by atoms with Crippen molar-refractivity contribution in [1.82, 2.24) is 5.32 Å². The first-order chi connectivity index (χ1) is 12.2. The monoisotopic (exact) mass is 354 g/mol. The molecule has 5 heteroatoms. The Morgan fingerprint density at radius 2 is 1.96 bits per heavy atom. The molecule has 1 aliphatic rings. The Balaban J connectivity index is 1.58. The predicted octanol–water partition coefficient (Wildman–Crippen LogP) is 3.61. The summed E-state index contributed by atoms with van der Waals surface area (Å²) >= 11 is 1.74. The lowest BCUT2D eigenvalue weighted by molar-refractivity contribution is -0.117. The Morgan fingerprint density at radius 1 is 1.16 bits per heavy atom. The zero-order chi connectivity index (χ0) is 17.6. The molecule has 0 saturated carbocycles. The molecule has 2 aromatic rings. The third kappa shape index (κ3) is 4.42. The van der Waals surface area contributed by atoms with Gasteiger partial charge < -0.3 is 10.2 Å². The van der Waals surface area contributed by atoms with Gasteiger partial charge >= 0.3 is 0 Å². The number of rotatable bonds is 6. The molecular formula is C20H22N2O2S. The summed E-state index contributed by atoms with van der Waals surface area (Å²) in [7, 11) is 0. The SMILES string of the molecule is CSCc1cccc(C(=O)NCc2ccc(N3CCCC3=O)cc2)c1. The Labute approximate surface area is 152 Å². The van der Waals surface area contributed by atoms with Crippen LogP contribution in [0.5, 0.6) is 0 Å². The molecule has 4 nitrogen and oxygen atoms in total. The molecule has 0 aliphatic carbocycles. The van der Waals surface area contributed by atoms with Crippen LogP contribution in [0.2, 0.25) is 0 Å². The van der Waals surface area contributed by atoms with E-state index in [0.29, 0.717) is 18.5 Å². The number of amides is 2. The molecule has 0 atom stereocenters. The van der Waals surface area contributed by atoms with Gasteiger partial charge in [0.25, 0.3) is 5.91 Å². The fourth-order valence-corrected chi connectivity index (χ4v) is 3.48. The summed E-state index contributed by atoms with van der Waals surface area (Å²) in [6, 6.07) is 15.5. The summed E-state index contributed by atoms with van der Waals surface area (Å²) in [5, 5.41) is 2.96. The van der Waals surface area contributed by atoms with Crippen LogP contribution in [-0.2, 0) is 17.1 Å². The first kappa shape index (κ1) is 17.5. The second-order valence-electron chi connectivity index (χ2n) is 6.13. The van der Waals surface area contributed by atoms with E-state index in [9.17, 15) is 9.59 Å². The summed E-state index contributed by atoms with van der Waals surface area (Å²) in [5.41, 5.74) is 3.79. The smallest absolute Gasteiger partial charge is 0.251 e. The number of thioether (sulfide) groups is 1. The number of benzene rings is 2. The molecule has 1 fully saturated rings. The average molecular weight is 354 g/mol. The Kier molecular flexibility index (Phi) is 5.76. The van der Waals surface area contributed by atoms with Gasteiger partial charge in [0.1, 0.15) is 0 Å². The van der Waals surface area contributed by atoms with Crippen molar-refractivity contribution >= 4 is 29.3 Å². The van der Waals surface area contributed by atoms with Crippen LogP contribution in [-0.4, -0.2) is 24.6 Å². The lowest BCUT2D eigenvalue weighted by atomic mass is 10.1. The summed E-state index contributed by atoms with van der Waals surface area (Å²) in [6.45, 7) is 1.26. The summed E-state index contributed by atoms with van der Waals surface area (Å²) < 4.78 is 0. The number of nitrogens with one attached hydrogen (secondary N) is 1. The van der Waals surface area contributed by atoms with Crippen LogP contribution in [0, 0.1) is 0 Å². The van der Waals surface area contributed by atoms with Gasteiger partial charge in [-0.25, -0.2) is 0 Å². The van der Waals surface area contributed by atoms with Crippen molar-refractivity contribution in [2.24, 2.45) is 0 Å². The standard InChI is InChI=1S/C20H22N2O2S/c1-25-14-16-4-2-5-17(12-16)20(24)21-13-15-7-9-18(10-8-15)22-11-3-6-19(22)23/h2,4-5,7-10,12H,3,6,11,13-14H2,1H3,(H,21,24). The molecule has 0 aromatic heterocycles. The number of hydrogen-bond acceptors (Lipinski definition) is 3. The molecule has 130 valence electrons. The van der Waals surface area contributed by atoms with Crippen LogP contribution in [0.25, 0.3) is 0 Å². The molecule has 0 spiro atoms. The van der Waals surface area contributed by atoms with Crippen molar-refractivity contribution in [3.05, 3.63) is 65.2 Å². The van der Waals surface area contributed by atoms with Crippen molar-refractivity contribution < 1.29 is 9.59 Å². The van der Waals surface area contributed by atoms with Crippen molar-refractivity contribution in [3.8, 4) is 0 Å². The molecule has 25 heavy (non-hydrogen) atoms. The fourth-order valence-electron chi connectivity index (χ4n) is 2.97. The zero-order valence-corrected chi connectivity index (χ0v) is 15.1. The van der Waals surface area contributed by atoms with Gasteiger partial charge in [-0.2, -0.15) is 11.8 Å². The lowest BCUT2D eigenvalue weighted by Crippen LogP contribution is -2.24. The minimum Gasteiger partial charge on any atom is -0.348 e. The Hall–Kier alpha value is -2.27. The van der Waals surface area contributed by atoms with Gasteiger partial charge in [0.05, 0.1) is 0 Å². The molecule has 0 radical (unpaired) electrons. The minimum absolute atomic E-state index is 0.0678. The summed E-state index contributed by atoms with van der Waals surface area (Å²) in [5.74, 6) is 1.02. The van der Waals surface area contributed by atoms with Gasteiger partial charge in [-0.3, -0.25) is 9.59 Å². The third-order valence-corrected chi connectivity index (χ3v) is 4.90. The van der Waals surface area contributed by atoms with E-state index in [1.54, 1.807) is 11.8 Å². The maximum atomic E-state index is 12.3. The number of anilines is 1. The predicted molar refractivity (Wildman–Crippen MR) is 103 cm³/mol. The highest BCUT2D eigenvalue weighted by Gasteiger charge is 2.21. The molecule has 2 amide bonds. The molecule has 3 rings (SSSR count). The van der Waals surface area contributed by atoms with E-state index in [2.05, 4.69) is 5.32 Å². The normalized spacial score (nSPS) is 14.0. The van der Waals surface area contributed by atoms with E-state index in [1.165, 1.54) is 0 Å². The highest BCUT2D eigenvalue weighted by Crippen LogP contribution is 2.21. The second-order valence-corrected chi connectivity index (χ2v) is 7.00. The maximum Gasteiger partial charge on any atom is 0.251 e. The first-order valence-corrected chi connectivity index (χ1v) is 9.82. The molecule has 2 aromatic carbocycles. The molecule has 0 bridgehead atoms. The van der Waals surface area contributed by atoms with Gasteiger partial charge in [-0.15, -0.1) is 0 Å². The van der Waals surface area contributed by atoms with Crippen LogP contribution in [0.4, 0.5) is 5.69 Å². The van der Waals surface area contributed by atoms with E-state index >= 15 is 0 Å². The Morgan fingerprint density at radius 3 is 2.64 bits per heavy atom. The van der Waals surface area contributed by atoms with Crippen LogP contribution < -0.4 is 10.2 Å². The average Bonchev–Trinajstić information content (AvgIpc) is 3.07. The topological polar surface area (TPSA) is 49.4 Å². The van der Waals surface area contributed by atoms with Gasteiger partial charge in [-0.1, -0.05) is 24.3 Å². The zero-order valence-electron chi connectivity index (χ0n) is 14.3. The third-order valence-electron chi connectivity index (χ3n) is 4.27. The molecular weight excluding hydrogens is 332 g/mol. The highest BCUT2D eigenvalue weighted by molar-refractivity contribution is 7.97. The van der Waals surface area contributed by atoms with Crippen molar-refractivity contribution in [2.75, 3.05) is 17.7 Å². The highest BCUT2D eigenvalue weighted by atomic mass is 32.2. The van der Waals surface area contributed by atoms with E-state index in [1.807, 2.05) is 59.7 Å². The molecule has 1 aliphatic heterocycles. The van der Waals surface area contributed by atoms with Gasteiger partial charge in [0, 0.05) is 36.5 Å². The van der Waals surface area contributed by atoms with Crippen LogP contribution in [0.15, 0.2) is 48.5 Å². The second kappa shape index (κ2) is 8.21. The Bertz CT molecular complexity index is 759. The van der Waals surface area contributed by atoms with Gasteiger partial charge in [0.15, 0.2) is 0 Å². The van der Waals surface area contributed by atoms with E-state index in [4.69, 9.17) is 0 Å². The van der Waals surface area contributed by atoms with Crippen LogP contribution in [0.1, 0.15) is 34.3 Å². The summed E-state index contributed by atoms with van der Waals surface area (Å²) in [4.78, 5) is 25.9. The lowest BCUT2D eigenvalue weighted by Gasteiger charge is -2.16. The quantitative estimate of drug-likeness (QED) is 0.862. The van der Waals surface area contributed by atoms with Gasteiger partial charge in [0.2, 0.25) is 5.91 Å². The number of carbonyl (C=O) groups excluding carboxylic acids is 2. The van der Waals surface area contributed by atoms with Crippen molar-refractivity contribution in [2.45, 2.75) is 25.1 Å². The van der Waals surface area contributed by atoms with E-state index < -0.39 is 0 Å². The molecule has 1 saturated heterocycles. The van der Waals surface area contributed by atoms with Crippen molar-refractivity contribution in [3.63, 3.8) is 0 Å². The number of hydrogen-bond donors (Lipinski definition) is 1. The maximum absolute atomic E-state index is 12.3. The van der Waals surface area contributed by atoms with E-state index in [-0.39, 0.29) is 11.8 Å². The molecule has 0 unspecified atom stereocenters. The summed E-state index contributed by atoms with van der Waals surface area (Å²) in [6.07, 6.45) is 3.60. The minimum atomic E-state index is -0.0678. The number of carbonyl (C=O) groups is 2. The number of nitrogens with zero attached hydrogens (tertiary/aromatic N) is 1. The van der Waals surface area contributed by atoms with Crippen LogP contribution in [0.3, 0.4) is 0 Å². The van der Waals surface area contributed by atoms with E-state index in [0.717, 1.165) is 35.5 Å². The first-order valence-electron chi connectivity index (χ1n) is 8.43. The molecule has 1 N–H and O–H groups in total. The fraction of sp³-hybridized carbons (Fsp3) is 0.300. The molecule has 1 heterocycles. The van der Waals surface area contributed by atoms with Gasteiger partial charge in [-0.05, 0) is 48.1 Å².